The van der Waals surface area contributed by atoms with E-state index in [1.807, 2.05) is 0 Å². The van der Waals surface area contributed by atoms with E-state index in [0.29, 0.717) is 0 Å². The Balaban J connectivity index is 0. The lowest BCUT2D eigenvalue weighted by Crippen LogP contribution is -2.20. The average Bonchev–Trinajstić information content (AvgIpc) is 2.91. The molecule has 0 N–H and O–H groups in total. The molecule has 4 atom stereocenters. The summed E-state index contributed by atoms with van der Waals surface area (Å²) in [7, 11) is 0. The van der Waals surface area contributed by atoms with Crippen molar-refractivity contribution in [3.8, 4) is 0 Å². The van der Waals surface area contributed by atoms with Gasteiger partial charge in [0.1, 0.15) is 0 Å². The summed E-state index contributed by atoms with van der Waals surface area (Å²) in [6, 6.07) is 0. The monoisotopic (exact) mass is 410 g/mol. The number of rotatable bonds is 12. The van der Waals surface area contributed by atoms with Crippen molar-refractivity contribution in [1.82, 2.24) is 0 Å². The van der Waals surface area contributed by atoms with Crippen molar-refractivity contribution in [3.63, 3.8) is 0 Å². The molecule has 1 saturated carbocycles. The first-order valence-electron chi connectivity index (χ1n) is 14.0. The first-order chi connectivity index (χ1) is 14.0. The highest BCUT2D eigenvalue weighted by Gasteiger charge is 2.27. The minimum absolute atomic E-state index is 0.954. The van der Waals surface area contributed by atoms with Gasteiger partial charge in [-0.1, -0.05) is 158 Å². The fourth-order valence-electron chi connectivity index (χ4n) is 4.71. The first-order valence-corrected chi connectivity index (χ1v) is 14.0. The van der Waals surface area contributed by atoms with E-state index in [1.54, 1.807) is 0 Å². The van der Waals surface area contributed by atoms with Crippen LogP contribution >= 0.6 is 0 Å². The van der Waals surface area contributed by atoms with Crippen molar-refractivity contribution in [3.05, 3.63) is 0 Å². The third kappa shape index (κ3) is 19.7. The van der Waals surface area contributed by atoms with Crippen LogP contribution in [0, 0.1) is 23.7 Å². The summed E-state index contributed by atoms with van der Waals surface area (Å²) in [5, 5.41) is 0. The summed E-state index contributed by atoms with van der Waals surface area (Å²) in [6.07, 6.45) is 24.3. The largest absolute Gasteiger partial charge is 0.0654 e. The molecule has 1 aliphatic carbocycles. The molecule has 0 heterocycles. The van der Waals surface area contributed by atoms with Gasteiger partial charge < -0.3 is 0 Å². The molecular formula is C29H62. The van der Waals surface area contributed by atoms with Crippen LogP contribution in [0.15, 0.2) is 0 Å². The van der Waals surface area contributed by atoms with E-state index >= 15 is 0 Å². The van der Waals surface area contributed by atoms with Crippen molar-refractivity contribution < 1.29 is 0 Å². The summed E-state index contributed by atoms with van der Waals surface area (Å²) in [6.45, 7) is 18.5. The van der Waals surface area contributed by atoms with Gasteiger partial charge in [-0.2, -0.15) is 0 Å². The lowest BCUT2D eigenvalue weighted by atomic mass is 9.76. The number of unbranched alkanes of at least 4 members (excludes halogenated alkanes) is 5. The molecule has 178 valence electrons. The zero-order valence-corrected chi connectivity index (χ0v) is 22.3. The van der Waals surface area contributed by atoms with Gasteiger partial charge >= 0.3 is 0 Å². The fraction of sp³-hybridized carbons (Fsp3) is 1.00. The molecule has 4 unspecified atom stereocenters. The van der Waals surface area contributed by atoms with Crippen LogP contribution in [0.2, 0.25) is 0 Å². The maximum absolute atomic E-state index is 2.51. The Hall–Kier alpha value is 0. The molecule has 0 heteroatoms. The molecule has 0 radical (unpaired) electrons. The van der Waals surface area contributed by atoms with E-state index in [0.717, 1.165) is 23.7 Å². The van der Waals surface area contributed by atoms with E-state index in [-0.39, 0.29) is 0 Å². The lowest BCUT2D eigenvalue weighted by molar-refractivity contribution is 0.210. The summed E-state index contributed by atoms with van der Waals surface area (Å²) < 4.78 is 0. The number of hydrogen-bond acceptors (Lipinski definition) is 0. The summed E-state index contributed by atoms with van der Waals surface area (Å²) in [5.41, 5.74) is 0. The highest BCUT2D eigenvalue weighted by Crippen LogP contribution is 2.38. The summed E-state index contributed by atoms with van der Waals surface area (Å²) in [5.74, 6) is 4.05. The van der Waals surface area contributed by atoms with Crippen molar-refractivity contribution in [2.24, 2.45) is 23.7 Å². The van der Waals surface area contributed by atoms with Crippen LogP contribution in [0.1, 0.15) is 165 Å². The molecule has 0 aromatic heterocycles. The molecule has 1 rings (SSSR count). The van der Waals surface area contributed by atoms with Crippen LogP contribution in [-0.4, -0.2) is 0 Å². The van der Waals surface area contributed by atoms with Crippen LogP contribution in [0.3, 0.4) is 0 Å². The molecule has 0 saturated heterocycles. The highest BCUT2D eigenvalue weighted by molar-refractivity contribution is 4.78. The molecule has 0 bridgehead atoms. The molecule has 0 aromatic rings. The van der Waals surface area contributed by atoms with Crippen molar-refractivity contribution in [2.45, 2.75) is 165 Å². The van der Waals surface area contributed by atoms with Crippen molar-refractivity contribution in [1.29, 1.82) is 0 Å². The van der Waals surface area contributed by atoms with E-state index in [4.69, 9.17) is 0 Å². The lowest BCUT2D eigenvalue weighted by Gasteiger charge is -2.29. The smallest absolute Gasteiger partial charge is 0.0360 e. The average molecular weight is 411 g/mol. The normalized spacial score (nSPS) is 22.6. The molecule has 1 aliphatic rings. The Labute approximate surface area is 188 Å². The quantitative estimate of drug-likeness (QED) is 0.221. The Bertz CT molecular complexity index is 278. The van der Waals surface area contributed by atoms with E-state index in [2.05, 4.69) is 55.4 Å². The second-order valence-corrected chi connectivity index (χ2v) is 9.98. The van der Waals surface area contributed by atoms with Crippen LogP contribution in [0.25, 0.3) is 0 Å². The van der Waals surface area contributed by atoms with Gasteiger partial charge in [0.15, 0.2) is 0 Å². The molecule has 0 aromatic carbocycles. The standard InChI is InChI=1S/C15H30.C8H18.C6H14/c1-4-6-12-15-13(3)10-7-8-11-14(15)9-5-2;1-4-6-7-8(3)5-2;1-3-5-6-4-2/h13-15H,4-12H2,1-3H3;8H,4-7H2,1-3H3;3-6H2,1-2H3. The summed E-state index contributed by atoms with van der Waals surface area (Å²) in [4.78, 5) is 0. The van der Waals surface area contributed by atoms with Gasteiger partial charge in [0, 0.05) is 0 Å². The second kappa shape index (κ2) is 24.3. The van der Waals surface area contributed by atoms with Gasteiger partial charge in [0.25, 0.3) is 0 Å². The van der Waals surface area contributed by atoms with Crippen LogP contribution < -0.4 is 0 Å². The van der Waals surface area contributed by atoms with E-state index in [1.165, 1.54) is 109 Å². The molecule has 0 aliphatic heterocycles. The maximum atomic E-state index is 2.51. The third-order valence-electron chi connectivity index (χ3n) is 7.08. The van der Waals surface area contributed by atoms with Crippen LogP contribution in [0.4, 0.5) is 0 Å². The molecule has 29 heavy (non-hydrogen) atoms. The van der Waals surface area contributed by atoms with Crippen LogP contribution in [-0.2, 0) is 0 Å². The topological polar surface area (TPSA) is 0 Å². The predicted molar refractivity (Wildman–Crippen MR) is 138 cm³/mol. The van der Waals surface area contributed by atoms with Gasteiger partial charge in [-0.15, -0.1) is 0 Å². The Morgan fingerprint density at radius 1 is 0.655 bits per heavy atom. The molecular weight excluding hydrogens is 348 g/mol. The number of hydrogen-bond donors (Lipinski definition) is 0. The zero-order valence-electron chi connectivity index (χ0n) is 22.3. The predicted octanol–water partition coefficient (Wildman–Crippen LogP) is 11.2. The Morgan fingerprint density at radius 2 is 1.21 bits per heavy atom. The minimum atomic E-state index is 0.954. The van der Waals surface area contributed by atoms with E-state index in [9.17, 15) is 0 Å². The van der Waals surface area contributed by atoms with Gasteiger partial charge in [-0.25, -0.2) is 0 Å². The third-order valence-corrected chi connectivity index (χ3v) is 7.08. The molecule has 1 fully saturated rings. The van der Waals surface area contributed by atoms with Gasteiger partial charge in [-0.05, 0) is 30.1 Å². The van der Waals surface area contributed by atoms with Crippen molar-refractivity contribution in [2.75, 3.05) is 0 Å². The van der Waals surface area contributed by atoms with Crippen LogP contribution in [0.5, 0.6) is 0 Å². The zero-order chi connectivity index (χ0) is 22.3. The molecule has 0 spiro atoms. The maximum Gasteiger partial charge on any atom is -0.0360 e. The molecule has 0 nitrogen and oxygen atoms in total. The first kappa shape index (κ1) is 31.2. The SMILES string of the molecule is CCCCC(C)CC.CCCCC1C(C)CCCCC1CCC.CCCCCC. The summed E-state index contributed by atoms with van der Waals surface area (Å²) >= 11 is 0. The van der Waals surface area contributed by atoms with Gasteiger partial charge in [-0.3, -0.25) is 0 Å². The Morgan fingerprint density at radius 3 is 1.69 bits per heavy atom. The minimum Gasteiger partial charge on any atom is -0.0654 e. The second-order valence-electron chi connectivity index (χ2n) is 9.98. The molecule has 0 amide bonds. The van der Waals surface area contributed by atoms with Gasteiger partial charge in [0.2, 0.25) is 0 Å². The van der Waals surface area contributed by atoms with E-state index < -0.39 is 0 Å². The van der Waals surface area contributed by atoms with Crippen molar-refractivity contribution >= 4 is 0 Å². The van der Waals surface area contributed by atoms with Gasteiger partial charge in [0.05, 0.1) is 0 Å². The fourth-order valence-corrected chi connectivity index (χ4v) is 4.71. The Kier molecular flexibility index (Phi) is 26.1. The highest BCUT2D eigenvalue weighted by atomic mass is 14.3.